The Labute approximate surface area is 96.6 Å². The maximum absolute atomic E-state index is 12.2. The van der Waals surface area contributed by atoms with Crippen molar-refractivity contribution in [3.05, 3.63) is 0 Å². The molecule has 0 aromatic carbocycles. The van der Waals surface area contributed by atoms with Gasteiger partial charge in [-0.05, 0) is 32.6 Å². The van der Waals surface area contributed by atoms with E-state index in [0.717, 1.165) is 19.3 Å². The minimum Gasteiger partial charge on any atom is -0.480 e. The number of amides is 1. The molecule has 92 valence electrons. The van der Waals surface area contributed by atoms with E-state index in [0.29, 0.717) is 13.0 Å². The van der Waals surface area contributed by atoms with Crippen molar-refractivity contribution in [2.45, 2.75) is 52.0 Å². The molecule has 0 radical (unpaired) electrons. The van der Waals surface area contributed by atoms with Crippen LogP contribution in [0.1, 0.15) is 46.5 Å². The molecule has 1 aliphatic heterocycles. The summed E-state index contributed by atoms with van der Waals surface area (Å²) < 4.78 is 0. The van der Waals surface area contributed by atoms with Gasteiger partial charge in [-0.1, -0.05) is 13.8 Å². The van der Waals surface area contributed by atoms with Crippen LogP contribution in [0.4, 0.5) is 0 Å². The van der Waals surface area contributed by atoms with Gasteiger partial charge < -0.3 is 10.0 Å². The van der Waals surface area contributed by atoms with Crippen molar-refractivity contribution >= 4 is 11.9 Å². The molecule has 0 bridgehead atoms. The van der Waals surface area contributed by atoms with Crippen LogP contribution in [0, 0.1) is 5.92 Å². The second-order valence-corrected chi connectivity index (χ2v) is 4.69. The normalized spacial score (nSPS) is 25.1. The van der Waals surface area contributed by atoms with Crippen molar-refractivity contribution in [1.82, 2.24) is 4.90 Å². The number of hydrogen-bond donors (Lipinski definition) is 1. The second-order valence-electron chi connectivity index (χ2n) is 4.69. The molecule has 1 amide bonds. The summed E-state index contributed by atoms with van der Waals surface area (Å²) in [6, 6.07) is 0. The quantitative estimate of drug-likeness (QED) is 0.797. The third-order valence-corrected chi connectivity index (χ3v) is 3.70. The molecule has 4 nitrogen and oxygen atoms in total. The number of carboxylic acids is 1. The van der Waals surface area contributed by atoms with Crippen molar-refractivity contribution in [1.29, 1.82) is 0 Å². The topological polar surface area (TPSA) is 57.6 Å². The Hall–Kier alpha value is -1.06. The Kier molecular flexibility index (Phi) is 3.94. The van der Waals surface area contributed by atoms with E-state index in [4.69, 9.17) is 0 Å². The molecule has 0 spiro atoms. The number of hydrogen-bond acceptors (Lipinski definition) is 2. The van der Waals surface area contributed by atoms with Crippen LogP contribution in [0.2, 0.25) is 0 Å². The summed E-state index contributed by atoms with van der Waals surface area (Å²) >= 11 is 0. The van der Waals surface area contributed by atoms with Gasteiger partial charge in [-0.2, -0.15) is 0 Å². The van der Waals surface area contributed by atoms with E-state index in [1.807, 2.05) is 13.8 Å². The van der Waals surface area contributed by atoms with Gasteiger partial charge in [-0.25, -0.2) is 4.79 Å². The number of carbonyl (C=O) groups is 2. The van der Waals surface area contributed by atoms with Crippen LogP contribution < -0.4 is 0 Å². The van der Waals surface area contributed by atoms with Crippen LogP contribution in [0.3, 0.4) is 0 Å². The van der Waals surface area contributed by atoms with Crippen LogP contribution in [-0.2, 0) is 9.59 Å². The number of nitrogens with zero attached hydrogens (tertiary/aromatic N) is 1. The largest absolute Gasteiger partial charge is 0.480 e. The Balaban J connectivity index is 2.87. The molecule has 16 heavy (non-hydrogen) atoms. The third kappa shape index (κ3) is 2.06. The van der Waals surface area contributed by atoms with E-state index in [2.05, 4.69) is 0 Å². The summed E-state index contributed by atoms with van der Waals surface area (Å²) in [5, 5.41) is 9.23. The van der Waals surface area contributed by atoms with E-state index in [-0.39, 0.29) is 11.8 Å². The highest BCUT2D eigenvalue weighted by Crippen LogP contribution is 2.31. The molecule has 1 atom stereocenters. The van der Waals surface area contributed by atoms with E-state index in [9.17, 15) is 14.7 Å². The molecule has 1 heterocycles. The standard InChI is InChI=1S/C12H21NO3/c1-4-9(5-2)10(14)13-8-6-7-12(13,3)11(15)16/h9H,4-8H2,1-3H3,(H,15,16). The lowest BCUT2D eigenvalue weighted by atomic mass is 9.95. The summed E-state index contributed by atoms with van der Waals surface area (Å²) in [6.07, 6.45) is 2.91. The van der Waals surface area contributed by atoms with Gasteiger partial charge in [0.25, 0.3) is 0 Å². The lowest BCUT2D eigenvalue weighted by Crippen LogP contribution is -2.52. The molecule has 0 saturated carbocycles. The number of carboxylic acid groups (broad SMARTS) is 1. The zero-order chi connectivity index (χ0) is 12.3. The predicted octanol–water partition coefficient (Wildman–Crippen LogP) is 1.89. The Bertz CT molecular complexity index is 286. The highest BCUT2D eigenvalue weighted by atomic mass is 16.4. The van der Waals surface area contributed by atoms with Gasteiger partial charge in [0.05, 0.1) is 0 Å². The fraction of sp³-hybridized carbons (Fsp3) is 0.833. The number of aliphatic carboxylic acids is 1. The van der Waals surface area contributed by atoms with Gasteiger partial charge in [0.1, 0.15) is 5.54 Å². The summed E-state index contributed by atoms with van der Waals surface area (Å²) in [4.78, 5) is 25.0. The monoisotopic (exact) mass is 227 g/mol. The number of rotatable bonds is 4. The first-order valence-corrected chi connectivity index (χ1v) is 6.02. The molecule has 0 aliphatic carbocycles. The minimum atomic E-state index is -0.986. The molecule has 1 fully saturated rings. The number of carbonyl (C=O) groups excluding carboxylic acids is 1. The van der Waals surface area contributed by atoms with Crippen molar-refractivity contribution in [3.63, 3.8) is 0 Å². The van der Waals surface area contributed by atoms with Crippen LogP contribution >= 0.6 is 0 Å². The van der Waals surface area contributed by atoms with E-state index in [1.54, 1.807) is 11.8 Å². The van der Waals surface area contributed by atoms with Gasteiger partial charge in [-0.3, -0.25) is 4.79 Å². The van der Waals surface area contributed by atoms with Crippen LogP contribution in [-0.4, -0.2) is 34.0 Å². The Morgan fingerprint density at radius 1 is 1.38 bits per heavy atom. The van der Waals surface area contributed by atoms with Gasteiger partial charge >= 0.3 is 5.97 Å². The van der Waals surface area contributed by atoms with Gasteiger partial charge in [0, 0.05) is 12.5 Å². The van der Waals surface area contributed by atoms with Crippen molar-refractivity contribution in [2.24, 2.45) is 5.92 Å². The third-order valence-electron chi connectivity index (χ3n) is 3.70. The summed E-state index contributed by atoms with van der Waals surface area (Å²) in [5.41, 5.74) is -0.986. The molecule has 1 unspecified atom stereocenters. The van der Waals surface area contributed by atoms with Crippen molar-refractivity contribution < 1.29 is 14.7 Å². The van der Waals surface area contributed by atoms with Crippen LogP contribution in [0.25, 0.3) is 0 Å². The molecular weight excluding hydrogens is 206 g/mol. The van der Waals surface area contributed by atoms with Crippen LogP contribution in [0.5, 0.6) is 0 Å². The molecule has 1 aliphatic rings. The maximum atomic E-state index is 12.2. The van der Waals surface area contributed by atoms with E-state index in [1.165, 1.54) is 0 Å². The zero-order valence-electron chi connectivity index (χ0n) is 10.3. The summed E-state index contributed by atoms with van der Waals surface area (Å²) in [5.74, 6) is -0.909. The molecule has 1 rings (SSSR count). The molecule has 0 aromatic heterocycles. The zero-order valence-corrected chi connectivity index (χ0v) is 10.3. The molecule has 1 N–H and O–H groups in total. The van der Waals surface area contributed by atoms with Gasteiger partial charge in [-0.15, -0.1) is 0 Å². The number of likely N-dealkylation sites (tertiary alicyclic amines) is 1. The Morgan fingerprint density at radius 2 is 1.94 bits per heavy atom. The van der Waals surface area contributed by atoms with Gasteiger partial charge in [0.2, 0.25) is 5.91 Å². The highest BCUT2D eigenvalue weighted by molar-refractivity contribution is 5.88. The van der Waals surface area contributed by atoms with E-state index >= 15 is 0 Å². The second kappa shape index (κ2) is 4.85. The fourth-order valence-electron chi connectivity index (χ4n) is 2.40. The highest BCUT2D eigenvalue weighted by Gasteiger charge is 2.46. The molecule has 4 heteroatoms. The first-order chi connectivity index (χ1) is 7.47. The SMILES string of the molecule is CCC(CC)C(=O)N1CCCC1(C)C(=O)O. The van der Waals surface area contributed by atoms with Crippen molar-refractivity contribution in [3.8, 4) is 0 Å². The first kappa shape index (κ1) is 13.0. The lowest BCUT2D eigenvalue weighted by Gasteiger charge is -2.33. The smallest absolute Gasteiger partial charge is 0.329 e. The predicted molar refractivity (Wildman–Crippen MR) is 61.1 cm³/mol. The minimum absolute atomic E-state index is 0.00685. The molecule has 0 aromatic rings. The van der Waals surface area contributed by atoms with E-state index < -0.39 is 11.5 Å². The average Bonchev–Trinajstić information content (AvgIpc) is 2.63. The summed E-state index contributed by atoms with van der Waals surface area (Å²) in [6.45, 7) is 6.18. The summed E-state index contributed by atoms with van der Waals surface area (Å²) in [7, 11) is 0. The molecular formula is C12H21NO3. The van der Waals surface area contributed by atoms with Crippen LogP contribution in [0.15, 0.2) is 0 Å². The fourth-order valence-corrected chi connectivity index (χ4v) is 2.40. The lowest BCUT2D eigenvalue weighted by molar-refractivity contribution is -0.157. The van der Waals surface area contributed by atoms with Crippen molar-refractivity contribution in [2.75, 3.05) is 6.54 Å². The molecule has 1 saturated heterocycles. The maximum Gasteiger partial charge on any atom is 0.329 e. The van der Waals surface area contributed by atoms with Gasteiger partial charge in [0.15, 0.2) is 0 Å². The Morgan fingerprint density at radius 3 is 2.38 bits per heavy atom. The first-order valence-electron chi connectivity index (χ1n) is 6.02. The average molecular weight is 227 g/mol.